The van der Waals surface area contributed by atoms with Crippen LogP contribution in [0.1, 0.15) is 46.0 Å². The Kier molecular flexibility index (Phi) is 6.94. The fourth-order valence-corrected chi connectivity index (χ4v) is 2.44. The summed E-state index contributed by atoms with van der Waals surface area (Å²) < 4.78 is 4.86. The van der Waals surface area contributed by atoms with E-state index in [0.717, 1.165) is 13.1 Å². The van der Waals surface area contributed by atoms with Gasteiger partial charge in [-0.2, -0.15) is 0 Å². The molecule has 3 heteroatoms. The predicted molar refractivity (Wildman–Crippen MR) is 69.9 cm³/mol. The van der Waals surface area contributed by atoms with E-state index in [1.165, 1.54) is 32.1 Å². The number of piperidine rings is 1. The van der Waals surface area contributed by atoms with E-state index in [0.29, 0.717) is 12.6 Å². The molecule has 1 aliphatic heterocycles. The SMILES string of the molecule is CCCC1CCCCN1C/C=C/C(=O)OCC. The van der Waals surface area contributed by atoms with E-state index >= 15 is 0 Å². The van der Waals surface area contributed by atoms with Crippen molar-refractivity contribution in [2.45, 2.75) is 52.0 Å². The number of ether oxygens (including phenoxy) is 1. The van der Waals surface area contributed by atoms with Gasteiger partial charge in [-0.15, -0.1) is 0 Å². The van der Waals surface area contributed by atoms with Gasteiger partial charge in [0.05, 0.1) is 6.61 Å². The van der Waals surface area contributed by atoms with Crippen molar-refractivity contribution < 1.29 is 9.53 Å². The van der Waals surface area contributed by atoms with Crippen LogP contribution in [-0.2, 0) is 9.53 Å². The van der Waals surface area contributed by atoms with Gasteiger partial charge in [-0.3, -0.25) is 4.90 Å². The normalized spacial score (nSPS) is 21.9. The summed E-state index contributed by atoms with van der Waals surface area (Å²) in [5.74, 6) is -0.225. The van der Waals surface area contributed by atoms with Gasteiger partial charge in [0.2, 0.25) is 0 Å². The highest BCUT2D eigenvalue weighted by molar-refractivity contribution is 5.81. The van der Waals surface area contributed by atoms with Crippen LogP contribution in [0.5, 0.6) is 0 Å². The molecule has 0 bridgehead atoms. The monoisotopic (exact) mass is 239 g/mol. The fraction of sp³-hybridized carbons (Fsp3) is 0.786. The van der Waals surface area contributed by atoms with Crippen molar-refractivity contribution in [2.75, 3.05) is 19.7 Å². The number of esters is 1. The van der Waals surface area contributed by atoms with Crippen LogP contribution in [0.15, 0.2) is 12.2 Å². The highest BCUT2D eigenvalue weighted by Gasteiger charge is 2.19. The maximum Gasteiger partial charge on any atom is 0.330 e. The van der Waals surface area contributed by atoms with Crippen LogP contribution in [0.25, 0.3) is 0 Å². The van der Waals surface area contributed by atoms with Crippen LogP contribution in [0.4, 0.5) is 0 Å². The molecule has 0 aromatic rings. The molecule has 1 heterocycles. The predicted octanol–water partition coefficient (Wildman–Crippen LogP) is 2.76. The summed E-state index contributed by atoms with van der Waals surface area (Å²) in [5.41, 5.74) is 0. The van der Waals surface area contributed by atoms with E-state index in [2.05, 4.69) is 11.8 Å². The summed E-state index contributed by atoms with van der Waals surface area (Å²) >= 11 is 0. The number of likely N-dealkylation sites (tertiary alicyclic amines) is 1. The minimum absolute atomic E-state index is 0.225. The molecule has 0 aromatic heterocycles. The molecule has 1 atom stereocenters. The number of carbonyl (C=O) groups is 1. The Morgan fingerprint density at radius 2 is 2.24 bits per heavy atom. The summed E-state index contributed by atoms with van der Waals surface area (Å²) in [6.45, 7) is 6.56. The molecule has 3 nitrogen and oxygen atoms in total. The highest BCUT2D eigenvalue weighted by atomic mass is 16.5. The van der Waals surface area contributed by atoms with Gasteiger partial charge in [-0.1, -0.05) is 25.8 Å². The van der Waals surface area contributed by atoms with E-state index in [1.807, 2.05) is 13.0 Å². The number of hydrogen-bond donors (Lipinski definition) is 0. The average Bonchev–Trinajstić information content (AvgIpc) is 2.32. The molecule has 98 valence electrons. The molecule has 0 saturated carbocycles. The zero-order valence-electron chi connectivity index (χ0n) is 11.2. The fourth-order valence-electron chi connectivity index (χ4n) is 2.44. The minimum atomic E-state index is -0.225. The second kappa shape index (κ2) is 8.29. The van der Waals surface area contributed by atoms with Crippen LogP contribution in [0.2, 0.25) is 0 Å². The van der Waals surface area contributed by atoms with Crippen molar-refractivity contribution in [1.29, 1.82) is 0 Å². The maximum atomic E-state index is 11.2. The van der Waals surface area contributed by atoms with Crippen LogP contribution in [0, 0.1) is 0 Å². The lowest BCUT2D eigenvalue weighted by molar-refractivity contribution is -0.137. The Morgan fingerprint density at radius 3 is 2.94 bits per heavy atom. The van der Waals surface area contributed by atoms with E-state index in [1.54, 1.807) is 6.08 Å². The molecule has 1 rings (SSSR count). The summed E-state index contributed by atoms with van der Waals surface area (Å²) in [7, 11) is 0. The number of hydrogen-bond acceptors (Lipinski definition) is 3. The van der Waals surface area contributed by atoms with Crippen LogP contribution >= 0.6 is 0 Å². The quantitative estimate of drug-likeness (QED) is 0.527. The Morgan fingerprint density at radius 1 is 1.41 bits per heavy atom. The smallest absolute Gasteiger partial charge is 0.330 e. The summed E-state index contributed by atoms with van der Waals surface area (Å²) in [6, 6.07) is 0.709. The number of nitrogens with zero attached hydrogens (tertiary/aromatic N) is 1. The molecule has 0 aromatic carbocycles. The van der Waals surface area contributed by atoms with Gasteiger partial charge in [-0.05, 0) is 32.7 Å². The molecule has 0 radical (unpaired) electrons. The maximum absolute atomic E-state index is 11.2. The average molecular weight is 239 g/mol. The highest BCUT2D eigenvalue weighted by Crippen LogP contribution is 2.20. The summed E-state index contributed by atoms with van der Waals surface area (Å²) in [5, 5.41) is 0. The minimum Gasteiger partial charge on any atom is -0.463 e. The molecule has 17 heavy (non-hydrogen) atoms. The van der Waals surface area contributed by atoms with Gasteiger partial charge in [0.25, 0.3) is 0 Å². The van der Waals surface area contributed by atoms with Gasteiger partial charge >= 0.3 is 5.97 Å². The standard InChI is InChI=1S/C14H25NO2/c1-3-8-13-9-5-6-11-15(13)12-7-10-14(16)17-4-2/h7,10,13H,3-6,8-9,11-12H2,1-2H3/b10-7+. The third-order valence-electron chi connectivity index (χ3n) is 3.25. The summed E-state index contributed by atoms with van der Waals surface area (Å²) in [4.78, 5) is 13.7. The summed E-state index contributed by atoms with van der Waals surface area (Å²) in [6.07, 6.45) is 9.94. The van der Waals surface area contributed by atoms with Gasteiger partial charge < -0.3 is 4.74 Å². The second-order valence-electron chi connectivity index (χ2n) is 4.59. The Hall–Kier alpha value is -0.830. The first-order valence-corrected chi connectivity index (χ1v) is 6.85. The molecular weight excluding hydrogens is 214 g/mol. The number of carbonyl (C=O) groups excluding carboxylic acids is 1. The zero-order chi connectivity index (χ0) is 12.5. The first kappa shape index (κ1) is 14.2. The first-order chi connectivity index (χ1) is 8.27. The lowest BCUT2D eigenvalue weighted by atomic mass is 9.98. The van der Waals surface area contributed by atoms with E-state index < -0.39 is 0 Å². The van der Waals surface area contributed by atoms with E-state index in [-0.39, 0.29) is 5.97 Å². The van der Waals surface area contributed by atoms with Gasteiger partial charge in [0.15, 0.2) is 0 Å². The van der Waals surface area contributed by atoms with Crippen molar-refractivity contribution in [3.05, 3.63) is 12.2 Å². The van der Waals surface area contributed by atoms with Gasteiger partial charge in [0, 0.05) is 18.7 Å². The molecule has 0 spiro atoms. The molecule has 0 aliphatic carbocycles. The molecular formula is C14H25NO2. The van der Waals surface area contributed by atoms with Gasteiger partial charge in [-0.25, -0.2) is 4.79 Å². The third-order valence-corrected chi connectivity index (χ3v) is 3.25. The molecule has 1 aliphatic rings. The van der Waals surface area contributed by atoms with Crippen LogP contribution < -0.4 is 0 Å². The largest absolute Gasteiger partial charge is 0.463 e. The van der Waals surface area contributed by atoms with Crippen LogP contribution in [-0.4, -0.2) is 36.6 Å². The number of rotatable bonds is 6. The molecule has 1 unspecified atom stereocenters. The molecule has 1 saturated heterocycles. The van der Waals surface area contributed by atoms with Crippen LogP contribution in [0.3, 0.4) is 0 Å². The van der Waals surface area contributed by atoms with E-state index in [9.17, 15) is 4.79 Å². The topological polar surface area (TPSA) is 29.5 Å². The molecule has 0 amide bonds. The van der Waals surface area contributed by atoms with Gasteiger partial charge in [0.1, 0.15) is 0 Å². The van der Waals surface area contributed by atoms with Crippen molar-refractivity contribution in [2.24, 2.45) is 0 Å². The zero-order valence-corrected chi connectivity index (χ0v) is 11.2. The lowest BCUT2D eigenvalue weighted by Crippen LogP contribution is -2.39. The van der Waals surface area contributed by atoms with Crippen molar-refractivity contribution >= 4 is 5.97 Å². The van der Waals surface area contributed by atoms with Crippen molar-refractivity contribution in [3.63, 3.8) is 0 Å². The Bertz CT molecular complexity index is 249. The van der Waals surface area contributed by atoms with E-state index in [4.69, 9.17) is 4.74 Å². The molecule has 0 N–H and O–H groups in total. The second-order valence-corrected chi connectivity index (χ2v) is 4.59. The van der Waals surface area contributed by atoms with Crippen molar-refractivity contribution in [1.82, 2.24) is 4.90 Å². The molecule has 1 fully saturated rings. The lowest BCUT2D eigenvalue weighted by Gasteiger charge is -2.34. The first-order valence-electron chi connectivity index (χ1n) is 6.85. The Labute approximate surface area is 105 Å². The third kappa shape index (κ3) is 5.35. The Balaban J connectivity index is 2.34. The van der Waals surface area contributed by atoms with Crippen molar-refractivity contribution in [3.8, 4) is 0 Å².